The van der Waals surface area contributed by atoms with Gasteiger partial charge < -0.3 is 5.32 Å². The Morgan fingerprint density at radius 3 is 3.09 bits per heavy atom. The molecule has 1 amide bonds. The Hall–Kier alpha value is -1.29. The Morgan fingerprint density at radius 2 is 2.41 bits per heavy atom. The van der Waals surface area contributed by atoms with E-state index in [1.807, 2.05) is 18.2 Å². The summed E-state index contributed by atoms with van der Waals surface area (Å²) >= 11 is 8.87. The molecule has 1 unspecified atom stereocenters. The summed E-state index contributed by atoms with van der Waals surface area (Å²) in [6.07, 6.45) is 2.02. The highest BCUT2D eigenvalue weighted by molar-refractivity contribution is 8.01. The zero-order chi connectivity index (χ0) is 15.7. The summed E-state index contributed by atoms with van der Waals surface area (Å²) in [7, 11) is 0. The first kappa shape index (κ1) is 15.6. The van der Waals surface area contributed by atoms with Crippen LogP contribution in [0.4, 0.5) is 0 Å². The Labute approximate surface area is 141 Å². The van der Waals surface area contributed by atoms with E-state index in [2.05, 4.69) is 16.4 Å². The zero-order valence-corrected chi connectivity index (χ0v) is 14.3. The summed E-state index contributed by atoms with van der Waals surface area (Å²) in [6.45, 7) is 1.80. The number of fused-ring (bicyclic) bond motifs is 1. The molecule has 114 valence electrons. The molecule has 2 aromatic rings. The fourth-order valence-electron chi connectivity index (χ4n) is 2.28. The summed E-state index contributed by atoms with van der Waals surface area (Å²) in [4.78, 5) is 16.5. The minimum atomic E-state index is -0.737. The molecule has 0 radical (unpaired) electrons. The summed E-state index contributed by atoms with van der Waals surface area (Å²) in [5.74, 6) is 0.423. The average Bonchev–Trinajstić information content (AvgIpc) is 3.26. The van der Waals surface area contributed by atoms with Crippen LogP contribution in [0, 0.1) is 17.2 Å². The number of hydrogen-bond acceptors (Lipinski definition) is 5. The van der Waals surface area contributed by atoms with Gasteiger partial charge in [-0.15, -0.1) is 11.3 Å². The molecule has 0 saturated heterocycles. The zero-order valence-electron chi connectivity index (χ0n) is 11.9. The lowest BCUT2D eigenvalue weighted by Gasteiger charge is -2.22. The lowest BCUT2D eigenvalue weighted by atomic mass is 9.98. The Bertz CT molecular complexity index is 766. The number of thioether (sulfide) groups is 1. The maximum Gasteiger partial charge on any atom is 0.231 e. The van der Waals surface area contributed by atoms with Gasteiger partial charge in [0.25, 0.3) is 0 Å². The largest absolute Gasteiger partial charge is 0.337 e. The predicted octanol–water partition coefficient (Wildman–Crippen LogP) is 3.85. The number of benzene rings is 1. The highest BCUT2D eigenvalue weighted by atomic mass is 35.5. The molecule has 0 aliphatic heterocycles. The molecule has 1 saturated carbocycles. The number of amides is 1. The third-order valence-corrected chi connectivity index (χ3v) is 6.10. The first-order valence-corrected chi connectivity index (χ1v) is 9.09. The first-order valence-electron chi connectivity index (χ1n) is 6.91. The molecule has 1 aromatic heterocycles. The smallest absolute Gasteiger partial charge is 0.231 e. The van der Waals surface area contributed by atoms with Gasteiger partial charge in [-0.05, 0) is 43.9 Å². The molecule has 1 aliphatic rings. The standard InChI is InChI=1S/C15H14ClN3OS2/c1-15(8-17,9-2-3-9)19-13(20)7-21-14-18-11-6-10(16)4-5-12(11)22-14/h4-6,9H,2-3,7H2,1H3,(H,19,20). The van der Waals surface area contributed by atoms with Gasteiger partial charge in [-0.3, -0.25) is 4.79 Å². The molecular formula is C15H14ClN3OS2. The average molecular weight is 352 g/mol. The van der Waals surface area contributed by atoms with E-state index in [9.17, 15) is 10.1 Å². The van der Waals surface area contributed by atoms with E-state index < -0.39 is 5.54 Å². The monoisotopic (exact) mass is 351 g/mol. The third-order valence-electron chi connectivity index (χ3n) is 3.68. The summed E-state index contributed by atoms with van der Waals surface area (Å²) in [6, 6.07) is 7.81. The quantitative estimate of drug-likeness (QED) is 0.831. The summed E-state index contributed by atoms with van der Waals surface area (Å²) in [5, 5.41) is 12.8. The Balaban J connectivity index is 1.61. The summed E-state index contributed by atoms with van der Waals surface area (Å²) < 4.78 is 1.88. The second-order valence-electron chi connectivity index (χ2n) is 5.52. The van der Waals surface area contributed by atoms with Gasteiger partial charge in [-0.1, -0.05) is 23.4 Å². The van der Waals surface area contributed by atoms with Crippen LogP contribution in [0.5, 0.6) is 0 Å². The molecule has 1 fully saturated rings. The number of thiazole rings is 1. The lowest BCUT2D eigenvalue weighted by Crippen LogP contribution is -2.47. The molecule has 3 rings (SSSR count). The van der Waals surface area contributed by atoms with Crippen molar-refractivity contribution in [3.05, 3.63) is 23.2 Å². The van der Waals surface area contributed by atoms with Crippen molar-refractivity contribution in [1.82, 2.24) is 10.3 Å². The molecule has 0 bridgehead atoms. The second-order valence-corrected chi connectivity index (χ2v) is 8.21. The van der Waals surface area contributed by atoms with Gasteiger partial charge in [-0.25, -0.2) is 4.98 Å². The van der Waals surface area contributed by atoms with Gasteiger partial charge in [0, 0.05) is 5.02 Å². The van der Waals surface area contributed by atoms with Crippen molar-refractivity contribution in [3.63, 3.8) is 0 Å². The number of hydrogen-bond donors (Lipinski definition) is 1. The minimum Gasteiger partial charge on any atom is -0.337 e. The number of nitriles is 1. The molecule has 7 heteroatoms. The number of halogens is 1. The van der Waals surface area contributed by atoms with Crippen LogP contribution < -0.4 is 5.32 Å². The van der Waals surface area contributed by atoms with Crippen LogP contribution in [0.15, 0.2) is 22.5 Å². The van der Waals surface area contributed by atoms with Crippen LogP contribution in [0.2, 0.25) is 5.02 Å². The Morgan fingerprint density at radius 1 is 1.64 bits per heavy atom. The molecule has 1 N–H and O–H groups in total. The van der Waals surface area contributed by atoms with Gasteiger partial charge in [-0.2, -0.15) is 5.26 Å². The van der Waals surface area contributed by atoms with E-state index in [-0.39, 0.29) is 17.6 Å². The van der Waals surface area contributed by atoms with Crippen LogP contribution in [0.3, 0.4) is 0 Å². The van der Waals surface area contributed by atoms with Crippen LogP contribution >= 0.6 is 34.7 Å². The fraction of sp³-hybridized carbons (Fsp3) is 0.400. The first-order chi connectivity index (χ1) is 10.5. The van der Waals surface area contributed by atoms with Crippen molar-refractivity contribution < 1.29 is 4.79 Å². The Kier molecular flexibility index (Phi) is 4.31. The second kappa shape index (κ2) is 6.07. The van der Waals surface area contributed by atoms with E-state index in [0.717, 1.165) is 27.4 Å². The third kappa shape index (κ3) is 3.37. The maximum atomic E-state index is 12.1. The lowest BCUT2D eigenvalue weighted by molar-refractivity contribution is -0.119. The highest BCUT2D eigenvalue weighted by Crippen LogP contribution is 2.39. The number of carbonyl (C=O) groups is 1. The molecule has 1 aromatic carbocycles. The number of nitrogens with zero attached hydrogens (tertiary/aromatic N) is 2. The van der Waals surface area contributed by atoms with E-state index in [1.54, 1.807) is 6.92 Å². The van der Waals surface area contributed by atoms with Crippen molar-refractivity contribution in [2.24, 2.45) is 5.92 Å². The van der Waals surface area contributed by atoms with Crippen LogP contribution in [-0.4, -0.2) is 22.2 Å². The molecule has 1 heterocycles. The topological polar surface area (TPSA) is 65.8 Å². The van der Waals surface area contributed by atoms with Gasteiger partial charge in [0.1, 0.15) is 5.54 Å². The maximum absolute atomic E-state index is 12.1. The van der Waals surface area contributed by atoms with E-state index in [4.69, 9.17) is 11.6 Å². The van der Waals surface area contributed by atoms with E-state index in [1.165, 1.54) is 23.1 Å². The number of nitrogens with one attached hydrogen (secondary N) is 1. The fourth-order valence-corrected chi connectivity index (χ4v) is 4.29. The molecule has 1 atom stereocenters. The molecule has 22 heavy (non-hydrogen) atoms. The van der Waals surface area contributed by atoms with Crippen molar-refractivity contribution in [3.8, 4) is 6.07 Å². The molecule has 1 aliphatic carbocycles. The van der Waals surface area contributed by atoms with Gasteiger partial charge in [0.2, 0.25) is 5.91 Å². The van der Waals surface area contributed by atoms with E-state index in [0.29, 0.717) is 5.02 Å². The van der Waals surface area contributed by atoms with Crippen LogP contribution in [0.1, 0.15) is 19.8 Å². The van der Waals surface area contributed by atoms with E-state index >= 15 is 0 Å². The van der Waals surface area contributed by atoms with Crippen molar-refractivity contribution in [1.29, 1.82) is 5.26 Å². The van der Waals surface area contributed by atoms with Gasteiger partial charge in [0.15, 0.2) is 4.34 Å². The number of carbonyl (C=O) groups excluding carboxylic acids is 1. The van der Waals surface area contributed by atoms with Gasteiger partial charge in [0.05, 0.1) is 22.0 Å². The SMILES string of the molecule is CC(C#N)(NC(=O)CSc1nc2cc(Cl)ccc2s1)C1CC1. The van der Waals surface area contributed by atoms with Crippen LogP contribution in [-0.2, 0) is 4.79 Å². The van der Waals surface area contributed by atoms with Crippen molar-refractivity contribution in [2.45, 2.75) is 29.6 Å². The molecule has 4 nitrogen and oxygen atoms in total. The van der Waals surface area contributed by atoms with Crippen molar-refractivity contribution >= 4 is 50.8 Å². The van der Waals surface area contributed by atoms with Gasteiger partial charge >= 0.3 is 0 Å². The minimum absolute atomic E-state index is 0.127. The normalized spacial score (nSPS) is 17.0. The predicted molar refractivity (Wildman–Crippen MR) is 90.2 cm³/mol. The summed E-state index contributed by atoms with van der Waals surface area (Å²) in [5.41, 5.74) is 0.110. The highest BCUT2D eigenvalue weighted by Gasteiger charge is 2.42. The van der Waals surface area contributed by atoms with Crippen molar-refractivity contribution in [2.75, 3.05) is 5.75 Å². The number of aromatic nitrogens is 1. The van der Waals surface area contributed by atoms with Crippen LogP contribution in [0.25, 0.3) is 10.2 Å². The molecular weight excluding hydrogens is 338 g/mol. The number of rotatable bonds is 5. The molecule has 0 spiro atoms.